The minimum Gasteiger partial charge on any atom is -0.484 e. The van der Waals surface area contributed by atoms with Crippen molar-refractivity contribution in [3.05, 3.63) is 54.2 Å². The molecule has 1 unspecified atom stereocenters. The number of rotatable bonds is 6. The number of piperidine rings is 1. The van der Waals surface area contributed by atoms with E-state index in [1.807, 2.05) is 7.05 Å². The molecule has 8 nitrogen and oxygen atoms in total. The molecule has 2 aromatic heterocycles. The molecule has 11 heteroatoms. The molecule has 3 N–H and O–H groups in total. The number of likely N-dealkylation sites (tertiary alicyclic amines) is 1. The van der Waals surface area contributed by atoms with E-state index in [-0.39, 0.29) is 17.7 Å². The van der Waals surface area contributed by atoms with Crippen molar-refractivity contribution in [2.75, 3.05) is 32.5 Å². The van der Waals surface area contributed by atoms with Crippen LogP contribution in [0.5, 0.6) is 5.75 Å². The van der Waals surface area contributed by atoms with Crippen molar-refractivity contribution in [3.8, 4) is 22.8 Å². The summed E-state index contributed by atoms with van der Waals surface area (Å²) in [5.74, 6) is 0.527. The van der Waals surface area contributed by atoms with Crippen molar-refractivity contribution < 1.29 is 22.7 Å². The van der Waals surface area contributed by atoms with Crippen LogP contribution in [-0.4, -0.2) is 64.5 Å². The molecule has 1 aromatic carbocycles. The number of hydrogen-bond acceptors (Lipinski definition) is 6. The number of benzene rings is 1. The van der Waals surface area contributed by atoms with Crippen LogP contribution < -0.4 is 15.8 Å². The summed E-state index contributed by atoms with van der Waals surface area (Å²) in [5, 5.41) is 7.25. The highest BCUT2D eigenvalue weighted by molar-refractivity contribution is 5.96. The molecule has 1 aliphatic heterocycles. The molecule has 0 radical (unpaired) electrons. The number of nitrogens with one attached hydrogen (secondary N) is 1. The van der Waals surface area contributed by atoms with Crippen LogP contribution in [0.15, 0.2) is 48.7 Å². The zero-order chi connectivity index (χ0) is 24.3. The monoisotopic (exact) mass is 474 g/mol. The van der Waals surface area contributed by atoms with Gasteiger partial charge in [-0.25, -0.2) is 9.67 Å². The fourth-order valence-electron chi connectivity index (χ4n) is 3.82. The number of amides is 1. The molecular weight excluding hydrogens is 449 g/mol. The number of nitrogens with zero attached hydrogens (tertiary/aromatic N) is 4. The Morgan fingerprint density at radius 3 is 2.65 bits per heavy atom. The van der Waals surface area contributed by atoms with Crippen molar-refractivity contribution >= 4 is 11.7 Å². The van der Waals surface area contributed by atoms with Gasteiger partial charge in [-0.1, -0.05) is 0 Å². The Balaban J connectivity index is 1.62. The maximum atomic E-state index is 13.1. The van der Waals surface area contributed by atoms with Crippen molar-refractivity contribution in [3.63, 3.8) is 0 Å². The van der Waals surface area contributed by atoms with E-state index in [2.05, 4.69) is 20.3 Å². The third-order valence-corrected chi connectivity index (χ3v) is 5.43. The number of halogens is 3. The molecule has 0 spiro atoms. The predicted molar refractivity (Wildman–Crippen MR) is 121 cm³/mol. The van der Waals surface area contributed by atoms with Crippen LogP contribution in [0.2, 0.25) is 0 Å². The number of carbonyl (C=O) groups excluding carboxylic acids is 1. The lowest BCUT2D eigenvalue weighted by molar-refractivity contribution is -0.153. The van der Waals surface area contributed by atoms with Crippen molar-refractivity contribution in [1.82, 2.24) is 25.0 Å². The van der Waals surface area contributed by atoms with Gasteiger partial charge in [-0.3, -0.25) is 4.79 Å². The minimum atomic E-state index is -4.42. The normalized spacial score (nSPS) is 16.9. The molecule has 4 rings (SSSR count). The molecular formula is C23H25F3N6O2. The Morgan fingerprint density at radius 1 is 1.24 bits per heavy atom. The van der Waals surface area contributed by atoms with E-state index in [1.54, 1.807) is 36.5 Å². The smallest absolute Gasteiger partial charge is 0.422 e. The highest BCUT2D eigenvalue weighted by atomic mass is 19.4. The third kappa shape index (κ3) is 6.04. The average Bonchev–Trinajstić information content (AvgIpc) is 3.24. The first-order valence-corrected chi connectivity index (χ1v) is 10.8. The van der Waals surface area contributed by atoms with Crippen LogP contribution in [0, 0.1) is 0 Å². The molecule has 3 heterocycles. The quantitative estimate of drug-likeness (QED) is 0.569. The van der Waals surface area contributed by atoms with Gasteiger partial charge in [0.1, 0.15) is 11.6 Å². The second kappa shape index (κ2) is 9.72. The molecule has 1 atom stereocenters. The zero-order valence-electron chi connectivity index (χ0n) is 18.5. The molecule has 34 heavy (non-hydrogen) atoms. The van der Waals surface area contributed by atoms with Gasteiger partial charge < -0.3 is 20.7 Å². The first kappa shape index (κ1) is 23.6. The van der Waals surface area contributed by atoms with Crippen LogP contribution in [0.1, 0.15) is 23.2 Å². The number of alkyl halides is 3. The second-order valence-corrected chi connectivity index (χ2v) is 8.29. The second-order valence-electron chi connectivity index (χ2n) is 8.29. The number of nitrogen functional groups attached to an aromatic ring is 1. The molecule has 3 aromatic rings. The average molecular weight is 474 g/mol. The summed E-state index contributed by atoms with van der Waals surface area (Å²) in [6.45, 7) is 0.395. The zero-order valence-corrected chi connectivity index (χ0v) is 18.5. The van der Waals surface area contributed by atoms with E-state index in [4.69, 9.17) is 10.5 Å². The van der Waals surface area contributed by atoms with Gasteiger partial charge in [0.05, 0.1) is 5.69 Å². The summed E-state index contributed by atoms with van der Waals surface area (Å²) in [6, 6.07) is 11.0. The number of carbonyl (C=O) groups is 1. The van der Waals surface area contributed by atoms with Gasteiger partial charge in [-0.05, 0) is 62.8 Å². The van der Waals surface area contributed by atoms with Crippen molar-refractivity contribution in [1.29, 1.82) is 0 Å². The number of anilines is 1. The van der Waals surface area contributed by atoms with Gasteiger partial charge in [-0.15, -0.1) is 5.10 Å². The Bertz CT molecular complexity index is 1150. The van der Waals surface area contributed by atoms with E-state index in [0.717, 1.165) is 25.9 Å². The van der Waals surface area contributed by atoms with E-state index in [1.165, 1.54) is 16.8 Å². The number of ether oxygens (including phenoxy) is 1. The fourth-order valence-corrected chi connectivity index (χ4v) is 3.82. The van der Waals surface area contributed by atoms with Gasteiger partial charge in [0.25, 0.3) is 5.91 Å². The Kier molecular flexibility index (Phi) is 6.73. The van der Waals surface area contributed by atoms with E-state index in [9.17, 15) is 18.0 Å². The molecule has 1 saturated heterocycles. The Hall–Kier alpha value is -3.60. The van der Waals surface area contributed by atoms with E-state index < -0.39 is 12.8 Å². The maximum Gasteiger partial charge on any atom is 0.422 e. The summed E-state index contributed by atoms with van der Waals surface area (Å²) < 4.78 is 43.5. The first-order valence-electron chi connectivity index (χ1n) is 10.8. The Labute approximate surface area is 194 Å². The molecule has 1 aliphatic rings. The van der Waals surface area contributed by atoms with Crippen LogP contribution in [0.4, 0.5) is 19.0 Å². The lowest BCUT2D eigenvalue weighted by atomic mass is 10.0. The van der Waals surface area contributed by atoms with Gasteiger partial charge in [0, 0.05) is 36.0 Å². The summed E-state index contributed by atoms with van der Waals surface area (Å²) in [6.07, 6.45) is -0.886. The number of aromatic nitrogens is 3. The van der Waals surface area contributed by atoms with Gasteiger partial charge in [0.2, 0.25) is 0 Å². The lowest BCUT2D eigenvalue weighted by Gasteiger charge is -2.30. The number of likely N-dealkylation sites (N-methyl/N-ethyl adjacent to an activating group) is 1. The standard InChI is InChI=1S/C23H25F3N6O2/c1-31-9-2-3-17(13-31)28-22(33)16-11-19(29-21(12-16)32-10-8-20(27)30-32)15-4-6-18(7-5-15)34-14-23(24,25)26/h4-8,10-12,17H,2-3,9,13-14H2,1H3,(H2,27,30)(H,28,33). The minimum absolute atomic E-state index is 0.0386. The summed E-state index contributed by atoms with van der Waals surface area (Å²) >= 11 is 0. The van der Waals surface area contributed by atoms with E-state index in [0.29, 0.717) is 28.5 Å². The summed E-state index contributed by atoms with van der Waals surface area (Å²) in [4.78, 5) is 19.8. The van der Waals surface area contributed by atoms with Gasteiger partial charge >= 0.3 is 6.18 Å². The molecule has 0 saturated carbocycles. The third-order valence-electron chi connectivity index (χ3n) is 5.43. The molecule has 0 bridgehead atoms. The first-order chi connectivity index (χ1) is 16.2. The molecule has 0 aliphatic carbocycles. The predicted octanol–water partition coefficient (Wildman–Crippen LogP) is 3.28. The van der Waals surface area contributed by atoms with Gasteiger partial charge in [0.15, 0.2) is 12.4 Å². The SMILES string of the molecule is CN1CCCC(NC(=O)c2cc(-c3ccc(OCC(F)(F)F)cc3)nc(-n3ccc(N)n3)c2)C1. The van der Waals surface area contributed by atoms with Crippen LogP contribution in [-0.2, 0) is 0 Å². The highest BCUT2D eigenvalue weighted by Gasteiger charge is 2.28. The number of nitrogens with two attached hydrogens (primary N) is 1. The van der Waals surface area contributed by atoms with Crippen molar-refractivity contribution in [2.24, 2.45) is 0 Å². The number of pyridine rings is 1. The fraction of sp³-hybridized carbons (Fsp3) is 0.348. The highest BCUT2D eigenvalue weighted by Crippen LogP contribution is 2.25. The topological polar surface area (TPSA) is 98.3 Å². The summed E-state index contributed by atoms with van der Waals surface area (Å²) in [5.41, 5.74) is 7.19. The number of hydrogen-bond donors (Lipinski definition) is 2. The van der Waals surface area contributed by atoms with Crippen LogP contribution in [0.25, 0.3) is 17.1 Å². The van der Waals surface area contributed by atoms with E-state index >= 15 is 0 Å². The summed E-state index contributed by atoms with van der Waals surface area (Å²) in [7, 11) is 2.02. The van der Waals surface area contributed by atoms with Crippen LogP contribution >= 0.6 is 0 Å². The molecule has 1 amide bonds. The maximum absolute atomic E-state index is 13.1. The van der Waals surface area contributed by atoms with Crippen molar-refractivity contribution in [2.45, 2.75) is 25.1 Å². The largest absolute Gasteiger partial charge is 0.484 e. The molecule has 1 fully saturated rings. The molecule has 180 valence electrons. The Morgan fingerprint density at radius 2 is 2.00 bits per heavy atom. The lowest BCUT2D eigenvalue weighted by Crippen LogP contribution is -2.46. The van der Waals surface area contributed by atoms with Gasteiger partial charge in [-0.2, -0.15) is 13.2 Å². The van der Waals surface area contributed by atoms with Crippen LogP contribution in [0.3, 0.4) is 0 Å².